The first-order valence-electron chi connectivity index (χ1n) is 13.9. The fourth-order valence-electron chi connectivity index (χ4n) is 5.74. The summed E-state index contributed by atoms with van der Waals surface area (Å²) in [6, 6.07) is 41.6. The van der Waals surface area contributed by atoms with Gasteiger partial charge in [-0.25, -0.2) is 0 Å². The van der Waals surface area contributed by atoms with E-state index in [-0.39, 0.29) is 0 Å². The van der Waals surface area contributed by atoms with Crippen LogP contribution in [-0.2, 0) is 0 Å². The van der Waals surface area contributed by atoms with Crippen LogP contribution in [-0.4, -0.2) is 4.57 Å². The number of fused-ring (bicyclic) bond motifs is 1. The van der Waals surface area contributed by atoms with Gasteiger partial charge in [0.2, 0.25) is 0 Å². The van der Waals surface area contributed by atoms with E-state index in [1.807, 2.05) is 6.08 Å². The summed E-state index contributed by atoms with van der Waals surface area (Å²) in [5, 5.41) is 1.22. The molecule has 0 amide bonds. The predicted molar refractivity (Wildman–Crippen MR) is 174 cm³/mol. The van der Waals surface area contributed by atoms with Crippen LogP contribution in [0.5, 0.6) is 0 Å². The molecular weight excluding hydrogens is 482 g/mol. The second-order valence-electron chi connectivity index (χ2n) is 10.3. The van der Waals surface area contributed by atoms with Gasteiger partial charge in [0.25, 0.3) is 0 Å². The lowest BCUT2D eigenvalue weighted by atomic mass is 9.92. The second kappa shape index (κ2) is 10.7. The SMILES string of the molecule is C=Cc1c(/C=C\C)c2cc(-c3ccc(C)c(-c4ccccc4C)c3)ccc2n1-c1ccc(-c2ccccc2)cc1. The van der Waals surface area contributed by atoms with Crippen LogP contribution in [0.3, 0.4) is 0 Å². The molecule has 0 atom stereocenters. The molecule has 1 heteroatoms. The van der Waals surface area contributed by atoms with Crippen molar-refractivity contribution in [2.75, 3.05) is 0 Å². The van der Waals surface area contributed by atoms with Crippen LogP contribution in [0.15, 0.2) is 128 Å². The van der Waals surface area contributed by atoms with Crippen LogP contribution in [0, 0.1) is 13.8 Å². The third-order valence-electron chi connectivity index (χ3n) is 7.81. The highest BCUT2D eigenvalue weighted by molar-refractivity contribution is 5.98. The third kappa shape index (κ3) is 4.50. The fraction of sp³-hybridized carbons (Fsp3) is 0.0769. The van der Waals surface area contributed by atoms with Gasteiger partial charge in [-0.05, 0) is 102 Å². The first-order valence-corrected chi connectivity index (χ1v) is 13.9. The zero-order valence-electron chi connectivity index (χ0n) is 23.4. The van der Waals surface area contributed by atoms with Gasteiger partial charge in [0.05, 0.1) is 11.2 Å². The van der Waals surface area contributed by atoms with Gasteiger partial charge in [0.1, 0.15) is 0 Å². The van der Waals surface area contributed by atoms with Gasteiger partial charge < -0.3 is 4.57 Å². The van der Waals surface area contributed by atoms with Crippen molar-refractivity contribution in [1.29, 1.82) is 0 Å². The highest BCUT2D eigenvalue weighted by Gasteiger charge is 2.16. The largest absolute Gasteiger partial charge is 0.309 e. The third-order valence-corrected chi connectivity index (χ3v) is 7.81. The Kier molecular flexibility index (Phi) is 6.80. The van der Waals surface area contributed by atoms with Gasteiger partial charge in [0, 0.05) is 16.6 Å². The summed E-state index contributed by atoms with van der Waals surface area (Å²) < 4.78 is 2.32. The molecule has 6 aromatic rings. The Labute approximate surface area is 237 Å². The molecule has 0 fully saturated rings. The molecule has 0 aliphatic heterocycles. The highest BCUT2D eigenvalue weighted by atomic mass is 15.0. The molecule has 0 bridgehead atoms. The molecular formula is C39H33N. The molecule has 0 aliphatic rings. The molecule has 0 saturated carbocycles. The molecule has 0 unspecified atom stereocenters. The van der Waals surface area contributed by atoms with E-state index in [4.69, 9.17) is 0 Å². The van der Waals surface area contributed by atoms with E-state index in [0.29, 0.717) is 0 Å². The number of aryl methyl sites for hydroxylation is 2. The molecule has 0 N–H and O–H groups in total. The van der Waals surface area contributed by atoms with Crippen molar-refractivity contribution in [2.24, 2.45) is 0 Å². The van der Waals surface area contributed by atoms with Crippen LogP contribution < -0.4 is 0 Å². The minimum atomic E-state index is 1.10. The minimum Gasteiger partial charge on any atom is -0.309 e. The molecule has 1 heterocycles. The van der Waals surface area contributed by atoms with Gasteiger partial charge in [-0.2, -0.15) is 0 Å². The number of nitrogens with zero attached hydrogens (tertiary/aromatic N) is 1. The zero-order chi connectivity index (χ0) is 27.6. The van der Waals surface area contributed by atoms with Crippen LogP contribution in [0.4, 0.5) is 0 Å². The molecule has 6 rings (SSSR count). The number of hydrogen-bond donors (Lipinski definition) is 0. The second-order valence-corrected chi connectivity index (χ2v) is 10.3. The fourth-order valence-corrected chi connectivity index (χ4v) is 5.74. The predicted octanol–water partition coefficient (Wildman–Crippen LogP) is 10.9. The van der Waals surface area contributed by atoms with E-state index in [9.17, 15) is 0 Å². The average molecular weight is 516 g/mol. The molecule has 0 radical (unpaired) electrons. The smallest absolute Gasteiger partial charge is 0.0541 e. The van der Waals surface area contributed by atoms with Crippen molar-refractivity contribution in [3.05, 3.63) is 150 Å². The van der Waals surface area contributed by atoms with Crippen molar-refractivity contribution in [3.63, 3.8) is 0 Å². The number of hydrogen-bond acceptors (Lipinski definition) is 0. The molecule has 5 aromatic carbocycles. The summed E-state index contributed by atoms with van der Waals surface area (Å²) in [5.41, 5.74) is 14.6. The van der Waals surface area contributed by atoms with E-state index in [1.54, 1.807) is 0 Å². The van der Waals surface area contributed by atoms with Crippen molar-refractivity contribution < 1.29 is 0 Å². The van der Waals surface area contributed by atoms with Gasteiger partial charge in [-0.15, -0.1) is 0 Å². The monoisotopic (exact) mass is 515 g/mol. The summed E-state index contributed by atoms with van der Waals surface area (Å²) in [7, 11) is 0. The number of allylic oxidation sites excluding steroid dienone is 1. The quantitative estimate of drug-likeness (QED) is 0.208. The normalized spacial score (nSPS) is 11.4. The molecule has 1 aromatic heterocycles. The first-order chi connectivity index (χ1) is 19.6. The summed E-state index contributed by atoms with van der Waals surface area (Å²) in [5.74, 6) is 0. The molecule has 194 valence electrons. The summed E-state index contributed by atoms with van der Waals surface area (Å²) >= 11 is 0. The Balaban J connectivity index is 1.50. The van der Waals surface area contributed by atoms with Crippen molar-refractivity contribution in [1.82, 2.24) is 4.57 Å². The van der Waals surface area contributed by atoms with Gasteiger partial charge in [0.15, 0.2) is 0 Å². The molecule has 40 heavy (non-hydrogen) atoms. The zero-order valence-corrected chi connectivity index (χ0v) is 23.4. The Bertz CT molecular complexity index is 1870. The Morgan fingerprint density at radius 1 is 0.600 bits per heavy atom. The van der Waals surface area contributed by atoms with E-state index in [2.05, 4.69) is 159 Å². The standard InChI is InChI=1S/C39H33N/c1-5-12-35-37-26-32(31-18-17-28(4)36(25-31)34-16-11-10-13-27(34)3)21-24-39(37)40(38(35)6-2)33-22-19-30(20-23-33)29-14-8-7-9-15-29/h5-26H,2H2,1,3-4H3/b12-5-. The number of aromatic nitrogens is 1. The lowest BCUT2D eigenvalue weighted by Gasteiger charge is -2.13. The lowest BCUT2D eigenvalue weighted by Crippen LogP contribution is -1.97. The molecule has 0 saturated heterocycles. The topological polar surface area (TPSA) is 4.93 Å². The van der Waals surface area contributed by atoms with E-state index in [0.717, 1.165) is 11.4 Å². The van der Waals surface area contributed by atoms with Gasteiger partial charge >= 0.3 is 0 Å². The number of benzene rings is 5. The number of rotatable bonds is 6. The summed E-state index contributed by atoms with van der Waals surface area (Å²) in [6.45, 7) is 10.7. The van der Waals surface area contributed by atoms with Crippen molar-refractivity contribution in [3.8, 4) is 39.1 Å². The first kappa shape index (κ1) is 25.4. The van der Waals surface area contributed by atoms with Crippen LogP contribution >= 0.6 is 0 Å². The maximum Gasteiger partial charge on any atom is 0.0541 e. The molecule has 0 aliphatic carbocycles. The Morgan fingerprint density at radius 2 is 1.23 bits per heavy atom. The van der Waals surface area contributed by atoms with Crippen molar-refractivity contribution in [2.45, 2.75) is 20.8 Å². The molecule has 1 nitrogen and oxygen atoms in total. The van der Waals surface area contributed by atoms with E-state index < -0.39 is 0 Å². The maximum absolute atomic E-state index is 4.21. The minimum absolute atomic E-state index is 1.10. The van der Waals surface area contributed by atoms with Gasteiger partial charge in [-0.1, -0.05) is 104 Å². The van der Waals surface area contributed by atoms with Crippen LogP contribution in [0.1, 0.15) is 29.3 Å². The van der Waals surface area contributed by atoms with E-state index in [1.165, 1.54) is 61.0 Å². The van der Waals surface area contributed by atoms with Crippen LogP contribution in [0.2, 0.25) is 0 Å². The average Bonchev–Trinajstić information content (AvgIpc) is 3.31. The van der Waals surface area contributed by atoms with Gasteiger partial charge in [-0.3, -0.25) is 0 Å². The van der Waals surface area contributed by atoms with Crippen LogP contribution in [0.25, 0.3) is 62.1 Å². The summed E-state index contributed by atoms with van der Waals surface area (Å²) in [4.78, 5) is 0. The summed E-state index contributed by atoms with van der Waals surface area (Å²) in [6.07, 6.45) is 6.29. The van der Waals surface area contributed by atoms with E-state index >= 15 is 0 Å². The Morgan fingerprint density at radius 3 is 1.95 bits per heavy atom. The van der Waals surface area contributed by atoms with Crippen molar-refractivity contribution >= 4 is 23.1 Å². The maximum atomic E-state index is 4.21. The lowest BCUT2D eigenvalue weighted by molar-refractivity contribution is 1.11. The molecule has 0 spiro atoms. The Hall–Kier alpha value is -4.88. The highest BCUT2D eigenvalue weighted by Crippen LogP contribution is 2.37.